The molecule has 0 spiro atoms. The van der Waals surface area contributed by atoms with Gasteiger partial charge in [0.05, 0.1) is 0 Å². The van der Waals surface area contributed by atoms with Gasteiger partial charge in [0, 0.05) is 19.6 Å². The largest absolute Gasteiger partial charge is 0.298 e. The highest BCUT2D eigenvalue weighted by atomic mass is 15.2. The van der Waals surface area contributed by atoms with Crippen LogP contribution in [0, 0.1) is 16.7 Å². The van der Waals surface area contributed by atoms with Gasteiger partial charge in [-0.2, -0.15) is 0 Å². The van der Waals surface area contributed by atoms with Gasteiger partial charge in [0.25, 0.3) is 0 Å². The van der Waals surface area contributed by atoms with E-state index in [0.717, 1.165) is 12.5 Å². The number of hydrogen-bond donors (Lipinski definition) is 0. The van der Waals surface area contributed by atoms with Crippen molar-refractivity contribution >= 4 is 0 Å². The van der Waals surface area contributed by atoms with Gasteiger partial charge in [0.1, 0.15) is 0 Å². The average Bonchev–Trinajstić information content (AvgIpc) is 2.50. The van der Waals surface area contributed by atoms with Crippen LogP contribution in [0.2, 0.25) is 0 Å². The fourth-order valence-electron chi connectivity index (χ4n) is 4.10. The predicted molar refractivity (Wildman–Crippen MR) is 76.3 cm³/mol. The molecule has 1 heterocycles. The second-order valence-corrected chi connectivity index (χ2v) is 7.17. The lowest BCUT2D eigenvalue weighted by Gasteiger charge is -2.50. The van der Waals surface area contributed by atoms with Crippen LogP contribution >= 0.6 is 0 Å². The number of rotatable bonds is 2. The maximum Gasteiger partial charge on any atom is 0.0234 e. The highest BCUT2D eigenvalue weighted by molar-refractivity contribution is 5.15. The number of nitrogens with zero attached hydrogens (tertiary/aromatic N) is 1. The lowest BCUT2D eigenvalue weighted by Crippen LogP contribution is -2.51. The van der Waals surface area contributed by atoms with E-state index in [1.54, 1.807) is 0 Å². The lowest BCUT2D eigenvalue weighted by molar-refractivity contribution is -0.0210. The van der Waals surface area contributed by atoms with Crippen LogP contribution in [0.1, 0.15) is 39.2 Å². The summed E-state index contributed by atoms with van der Waals surface area (Å²) >= 11 is 0. The van der Waals surface area contributed by atoms with Crippen LogP contribution in [0.5, 0.6) is 0 Å². The first-order valence-corrected chi connectivity index (χ1v) is 7.28. The Bertz CT molecular complexity index is 422. The number of benzene rings is 1. The molecule has 1 saturated carbocycles. The van der Waals surface area contributed by atoms with Crippen LogP contribution in [0.3, 0.4) is 0 Å². The van der Waals surface area contributed by atoms with Gasteiger partial charge in [-0.1, -0.05) is 51.1 Å². The van der Waals surface area contributed by atoms with E-state index in [9.17, 15) is 0 Å². The molecule has 1 saturated heterocycles. The van der Waals surface area contributed by atoms with E-state index in [-0.39, 0.29) is 0 Å². The summed E-state index contributed by atoms with van der Waals surface area (Å²) in [6, 6.07) is 10.9. The Balaban J connectivity index is 1.75. The normalized spacial score (nSPS) is 34.7. The molecule has 1 heteroatoms. The third kappa shape index (κ3) is 1.80. The first-order chi connectivity index (χ1) is 8.51. The highest BCUT2D eigenvalue weighted by Gasteiger charge is 2.55. The van der Waals surface area contributed by atoms with Crippen molar-refractivity contribution < 1.29 is 0 Å². The monoisotopic (exact) mass is 243 g/mol. The summed E-state index contributed by atoms with van der Waals surface area (Å²) < 4.78 is 0. The van der Waals surface area contributed by atoms with Gasteiger partial charge < -0.3 is 0 Å². The topological polar surface area (TPSA) is 3.24 Å². The van der Waals surface area contributed by atoms with Crippen molar-refractivity contribution in [3.05, 3.63) is 35.9 Å². The third-order valence-electron chi connectivity index (χ3n) is 5.92. The molecule has 0 aromatic heterocycles. The third-order valence-corrected chi connectivity index (χ3v) is 5.92. The molecule has 0 radical (unpaired) electrons. The van der Waals surface area contributed by atoms with E-state index in [1.807, 2.05) is 0 Å². The van der Waals surface area contributed by atoms with Gasteiger partial charge in [-0.15, -0.1) is 0 Å². The zero-order chi connectivity index (χ0) is 12.8. The standard InChI is InChI=1S/C17H25N/c1-16(2)15-9-10-17(16,3)13-18(12-15)11-14-7-5-4-6-8-14/h4-8,15H,9-13H2,1-3H3. The van der Waals surface area contributed by atoms with Gasteiger partial charge in [0.15, 0.2) is 0 Å². The van der Waals surface area contributed by atoms with E-state index in [1.165, 1.54) is 31.5 Å². The SMILES string of the molecule is CC12CCC(CN(Cc3ccccc3)C1)C2(C)C. The summed E-state index contributed by atoms with van der Waals surface area (Å²) in [5, 5.41) is 0. The van der Waals surface area contributed by atoms with Crippen LogP contribution < -0.4 is 0 Å². The van der Waals surface area contributed by atoms with Gasteiger partial charge in [0.2, 0.25) is 0 Å². The fourth-order valence-corrected chi connectivity index (χ4v) is 4.10. The minimum Gasteiger partial charge on any atom is -0.298 e. The van der Waals surface area contributed by atoms with Gasteiger partial charge in [-0.3, -0.25) is 4.90 Å². The van der Waals surface area contributed by atoms with Gasteiger partial charge >= 0.3 is 0 Å². The molecule has 1 aliphatic carbocycles. The zero-order valence-electron chi connectivity index (χ0n) is 11.9. The predicted octanol–water partition coefficient (Wildman–Crippen LogP) is 3.94. The average molecular weight is 243 g/mol. The van der Waals surface area contributed by atoms with E-state index < -0.39 is 0 Å². The molecule has 18 heavy (non-hydrogen) atoms. The Hall–Kier alpha value is -0.820. The number of hydrogen-bond acceptors (Lipinski definition) is 1. The van der Waals surface area contributed by atoms with Crippen molar-refractivity contribution in [2.75, 3.05) is 13.1 Å². The molecule has 2 bridgehead atoms. The van der Waals surface area contributed by atoms with Crippen molar-refractivity contribution in [1.82, 2.24) is 4.90 Å². The Kier molecular flexibility index (Phi) is 2.78. The molecule has 98 valence electrons. The second-order valence-electron chi connectivity index (χ2n) is 7.17. The molecular formula is C17H25N. The van der Waals surface area contributed by atoms with Crippen LogP contribution in [0.25, 0.3) is 0 Å². The minimum atomic E-state index is 0.519. The van der Waals surface area contributed by atoms with Crippen molar-refractivity contribution in [2.24, 2.45) is 16.7 Å². The number of likely N-dealkylation sites (tertiary alicyclic amines) is 1. The van der Waals surface area contributed by atoms with Crippen molar-refractivity contribution in [1.29, 1.82) is 0 Å². The smallest absolute Gasteiger partial charge is 0.0234 e. The molecule has 1 aromatic carbocycles. The first-order valence-electron chi connectivity index (χ1n) is 7.28. The highest BCUT2D eigenvalue weighted by Crippen LogP contribution is 2.59. The summed E-state index contributed by atoms with van der Waals surface area (Å²) in [6.45, 7) is 11.2. The molecule has 0 amide bonds. The number of piperidine rings is 1. The second kappa shape index (κ2) is 4.09. The Morgan fingerprint density at radius 3 is 2.56 bits per heavy atom. The van der Waals surface area contributed by atoms with Crippen LogP contribution in [-0.2, 0) is 6.54 Å². The van der Waals surface area contributed by atoms with E-state index in [0.29, 0.717) is 10.8 Å². The molecule has 2 unspecified atom stereocenters. The van der Waals surface area contributed by atoms with Gasteiger partial charge in [-0.05, 0) is 35.2 Å². The Labute approximate surface area is 111 Å². The van der Waals surface area contributed by atoms with E-state index in [4.69, 9.17) is 0 Å². The molecule has 2 atom stereocenters. The van der Waals surface area contributed by atoms with Crippen molar-refractivity contribution in [3.63, 3.8) is 0 Å². The first kappa shape index (κ1) is 12.2. The molecular weight excluding hydrogens is 218 g/mol. The summed E-state index contributed by atoms with van der Waals surface area (Å²) in [6.07, 6.45) is 2.84. The van der Waals surface area contributed by atoms with E-state index >= 15 is 0 Å². The van der Waals surface area contributed by atoms with Crippen molar-refractivity contribution in [3.8, 4) is 0 Å². The summed E-state index contributed by atoms with van der Waals surface area (Å²) in [4.78, 5) is 2.68. The maximum atomic E-state index is 2.68. The maximum absolute atomic E-state index is 2.68. The molecule has 1 aliphatic heterocycles. The minimum absolute atomic E-state index is 0.519. The molecule has 2 aliphatic rings. The van der Waals surface area contributed by atoms with E-state index in [2.05, 4.69) is 56.0 Å². The molecule has 2 fully saturated rings. The van der Waals surface area contributed by atoms with Crippen molar-refractivity contribution in [2.45, 2.75) is 40.2 Å². The molecule has 3 rings (SSSR count). The molecule has 1 aromatic rings. The van der Waals surface area contributed by atoms with Crippen LogP contribution in [0.15, 0.2) is 30.3 Å². The number of fused-ring (bicyclic) bond motifs is 2. The summed E-state index contributed by atoms with van der Waals surface area (Å²) in [5.41, 5.74) is 2.51. The lowest BCUT2D eigenvalue weighted by atomic mass is 9.63. The van der Waals surface area contributed by atoms with Gasteiger partial charge in [-0.25, -0.2) is 0 Å². The molecule has 0 N–H and O–H groups in total. The van der Waals surface area contributed by atoms with Crippen LogP contribution in [-0.4, -0.2) is 18.0 Å². The zero-order valence-corrected chi connectivity index (χ0v) is 11.9. The summed E-state index contributed by atoms with van der Waals surface area (Å²) in [5.74, 6) is 0.889. The molecule has 1 nitrogen and oxygen atoms in total. The van der Waals surface area contributed by atoms with Crippen LogP contribution in [0.4, 0.5) is 0 Å². The quantitative estimate of drug-likeness (QED) is 0.760. The Morgan fingerprint density at radius 2 is 1.89 bits per heavy atom. The Morgan fingerprint density at radius 1 is 1.17 bits per heavy atom. The fraction of sp³-hybridized carbons (Fsp3) is 0.647. The summed E-state index contributed by atoms with van der Waals surface area (Å²) in [7, 11) is 0.